The third-order valence-corrected chi connectivity index (χ3v) is 4.74. The van der Waals surface area contributed by atoms with Crippen LogP contribution in [0.3, 0.4) is 0 Å². The molecule has 6 heteroatoms. The van der Waals surface area contributed by atoms with Crippen molar-refractivity contribution < 1.29 is 14.3 Å². The highest BCUT2D eigenvalue weighted by atomic mass is 32.2. The fourth-order valence-electron chi connectivity index (χ4n) is 2.68. The Balaban J connectivity index is 1.58. The van der Waals surface area contributed by atoms with Crippen LogP contribution in [0.2, 0.25) is 0 Å². The molecule has 5 nitrogen and oxygen atoms in total. The summed E-state index contributed by atoms with van der Waals surface area (Å²) in [5, 5.41) is 2.97. The highest BCUT2D eigenvalue weighted by Gasteiger charge is 2.15. The van der Waals surface area contributed by atoms with Gasteiger partial charge in [-0.3, -0.25) is 9.69 Å². The van der Waals surface area contributed by atoms with E-state index in [1.54, 1.807) is 11.8 Å². The first kappa shape index (κ1) is 17.6. The molecule has 2 aromatic carbocycles. The first-order valence-electron chi connectivity index (χ1n) is 8.22. The van der Waals surface area contributed by atoms with Gasteiger partial charge in [-0.15, -0.1) is 11.8 Å². The molecule has 0 bridgehead atoms. The van der Waals surface area contributed by atoms with E-state index in [-0.39, 0.29) is 12.7 Å². The summed E-state index contributed by atoms with van der Waals surface area (Å²) in [6.45, 7) is 4.13. The van der Waals surface area contributed by atoms with Crippen LogP contribution in [-0.2, 0) is 11.3 Å². The number of thioether (sulfide) groups is 1. The second kappa shape index (κ2) is 8.27. The highest BCUT2D eigenvalue weighted by Crippen LogP contribution is 2.32. The lowest BCUT2D eigenvalue weighted by atomic mass is 10.2. The molecule has 1 aliphatic heterocycles. The molecule has 2 aromatic rings. The second-order valence-corrected chi connectivity index (χ2v) is 6.65. The maximum absolute atomic E-state index is 12.4. The second-order valence-electron chi connectivity index (χ2n) is 5.77. The number of nitrogens with one attached hydrogen (secondary N) is 1. The molecule has 0 saturated heterocycles. The lowest BCUT2D eigenvalue weighted by Crippen LogP contribution is -2.32. The van der Waals surface area contributed by atoms with Crippen LogP contribution >= 0.6 is 11.8 Å². The Kier molecular flexibility index (Phi) is 5.83. The van der Waals surface area contributed by atoms with Gasteiger partial charge in [0.2, 0.25) is 12.7 Å². The molecular weight excluding hydrogens is 336 g/mol. The van der Waals surface area contributed by atoms with Crippen molar-refractivity contribution in [2.45, 2.75) is 18.4 Å². The van der Waals surface area contributed by atoms with E-state index in [1.807, 2.05) is 48.7 Å². The Bertz CT molecular complexity index is 751. The van der Waals surface area contributed by atoms with Gasteiger partial charge in [-0.25, -0.2) is 0 Å². The quantitative estimate of drug-likeness (QED) is 0.767. The molecule has 132 valence electrons. The third kappa shape index (κ3) is 4.67. The molecule has 0 saturated carbocycles. The number of carbonyl (C=O) groups excluding carboxylic acids is 1. The highest BCUT2D eigenvalue weighted by molar-refractivity contribution is 7.98. The molecule has 1 aliphatic rings. The molecule has 25 heavy (non-hydrogen) atoms. The van der Waals surface area contributed by atoms with Crippen molar-refractivity contribution in [2.24, 2.45) is 0 Å². The van der Waals surface area contributed by atoms with E-state index in [0.717, 1.165) is 34.2 Å². The van der Waals surface area contributed by atoms with Gasteiger partial charge in [-0.05, 0) is 48.7 Å². The van der Waals surface area contributed by atoms with E-state index in [2.05, 4.69) is 17.1 Å². The molecule has 0 aliphatic carbocycles. The molecule has 1 N–H and O–H groups in total. The Morgan fingerprint density at radius 1 is 1.20 bits per heavy atom. The van der Waals surface area contributed by atoms with Crippen LogP contribution in [0.5, 0.6) is 11.5 Å². The van der Waals surface area contributed by atoms with Gasteiger partial charge in [0.15, 0.2) is 11.5 Å². The first-order chi connectivity index (χ1) is 12.2. The van der Waals surface area contributed by atoms with Gasteiger partial charge in [0.25, 0.3) is 0 Å². The van der Waals surface area contributed by atoms with Crippen LogP contribution in [0.4, 0.5) is 5.69 Å². The number of rotatable bonds is 7. The SMILES string of the molecule is CCN(CC(=O)Nc1cccc(SC)c1)Cc1ccc2c(c1)OCO2. The Labute approximate surface area is 152 Å². The van der Waals surface area contributed by atoms with E-state index >= 15 is 0 Å². The van der Waals surface area contributed by atoms with Gasteiger partial charge < -0.3 is 14.8 Å². The molecule has 0 unspecified atom stereocenters. The minimum Gasteiger partial charge on any atom is -0.454 e. The number of ether oxygens (including phenoxy) is 2. The van der Waals surface area contributed by atoms with E-state index in [9.17, 15) is 4.79 Å². The summed E-state index contributed by atoms with van der Waals surface area (Å²) >= 11 is 1.66. The first-order valence-corrected chi connectivity index (χ1v) is 9.45. The Morgan fingerprint density at radius 2 is 2.04 bits per heavy atom. The summed E-state index contributed by atoms with van der Waals surface area (Å²) < 4.78 is 10.7. The van der Waals surface area contributed by atoms with E-state index in [1.165, 1.54) is 0 Å². The van der Waals surface area contributed by atoms with Gasteiger partial charge in [0.05, 0.1) is 6.54 Å². The minimum atomic E-state index is -0.0131. The number of hydrogen-bond acceptors (Lipinski definition) is 5. The lowest BCUT2D eigenvalue weighted by Gasteiger charge is -2.20. The zero-order chi connectivity index (χ0) is 17.6. The number of nitrogens with zero attached hydrogens (tertiary/aromatic N) is 1. The predicted octanol–water partition coefficient (Wildman–Crippen LogP) is 3.60. The average molecular weight is 358 g/mol. The van der Waals surface area contributed by atoms with Crippen molar-refractivity contribution in [3.05, 3.63) is 48.0 Å². The van der Waals surface area contributed by atoms with Gasteiger partial charge in [-0.1, -0.05) is 19.1 Å². The summed E-state index contributed by atoms with van der Waals surface area (Å²) in [4.78, 5) is 15.6. The number of fused-ring (bicyclic) bond motifs is 1. The zero-order valence-corrected chi connectivity index (χ0v) is 15.3. The van der Waals surface area contributed by atoms with E-state index in [0.29, 0.717) is 13.1 Å². The summed E-state index contributed by atoms with van der Waals surface area (Å²) in [7, 11) is 0. The molecule has 0 spiro atoms. The smallest absolute Gasteiger partial charge is 0.238 e. The van der Waals surface area contributed by atoms with Gasteiger partial charge in [0.1, 0.15) is 0 Å². The minimum absolute atomic E-state index is 0.0131. The standard InChI is InChI=1S/C19H22N2O3S/c1-3-21(11-14-7-8-17-18(9-14)24-13-23-17)12-19(22)20-15-5-4-6-16(10-15)25-2/h4-10H,3,11-13H2,1-2H3,(H,20,22). The van der Waals surface area contributed by atoms with Crippen LogP contribution in [0.25, 0.3) is 0 Å². The number of anilines is 1. The van der Waals surface area contributed by atoms with Crippen molar-refractivity contribution in [3.8, 4) is 11.5 Å². The maximum Gasteiger partial charge on any atom is 0.238 e. The maximum atomic E-state index is 12.4. The number of benzene rings is 2. The zero-order valence-electron chi connectivity index (χ0n) is 14.5. The number of amides is 1. The van der Waals surface area contributed by atoms with E-state index < -0.39 is 0 Å². The number of hydrogen-bond donors (Lipinski definition) is 1. The fraction of sp³-hybridized carbons (Fsp3) is 0.316. The number of likely N-dealkylation sites (N-methyl/N-ethyl adjacent to an activating group) is 1. The molecule has 0 radical (unpaired) electrons. The molecule has 1 heterocycles. The monoisotopic (exact) mass is 358 g/mol. The van der Waals surface area contributed by atoms with E-state index in [4.69, 9.17) is 9.47 Å². The molecule has 0 atom stereocenters. The normalized spacial score (nSPS) is 12.4. The largest absolute Gasteiger partial charge is 0.454 e. The van der Waals surface area contributed by atoms with Crippen LogP contribution < -0.4 is 14.8 Å². The van der Waals surface area contributed by atoms with Crippen molar-refractivity contribution in [2.75, 3.05) is 31.5 Å². The molecule has 0 fully saturated rings. The van der Waals surface area contributed by atoms with Crippen molar-refractivity contribution in [1.29, 1.82) is 0 Å². The number of carbonyl (C=O) groups is 1. The third-order valence-electron chi connectivity index (χ3n) is 4.01. The topological polar surface area (TPSA) is 50.8 Å². The van der Waals surface area contributed by atoms with Gasteiger partial charge >= 0.3 is 0 Å². The Morgan fingerprint density at radius 3 is 2.84 bits per heavy atom. The fourth-order valence-corrected chi connectivity index (χ4v) is 3.14. The summed E-state index contributed by atoms with van der Waals surface area (Å²) in [6, 6.07) is 13.8. The van der Waals surface area contributed by atoms with Crippen LogP contribution in [0.1, 0.15) is 12.5 Å². The van der Waals surface area contributed by atoms with Gasteiger partial charge in [0, 0.05) is 17.1 Å². The molecular formula is C19H22N2O3S. The lowest BCUT2D eigenvalue weighted by molar-refractivity contribution is -0.117. The Hall–Kier alpha value is -2.18. The van der Waals surface area contributed by atoms with Crippen LogP contribution in [-0.4, -0.2) is 36.9 Å². The van der Waals surface area contributed by atoms with Crippen LogP contribution in [0.15, 0.2) is 47.4 Å². The van der Waals surface area contributed by atoms with Gasteiger partial charge in [-0.2, -0.15) is 0 Å². The average Bonchev–Trinajstić information content (AvgIpc) is 3.09. The molecule has 0 aromatic heterocycles. The van der Waals surface area contributed by atoms with Crippen molar-refractivity contribution in [1.82, 2.24) is 4.90 Å². The van der Waals surface area contributed by atoms with Crippen molar-refractivity contribution in [3.63, 3.8) is 0 Å². The predicted molar refractivity (Wildman–Crippen MR) is 100 cm³/mol. The van der Waals surface area contributed by atoms with Crippen LogP contribution in [0, 0.1) is 0 Å². The summed E-state index contributed by atoms with van der Waals surface area (Å²) in [5.41, 5.74) is 1.93. The summed E-state index contributed by atoms with van der Waals surface area (Å²) in [5.74, 6) is 1.53. The molecule has 3 rings (SSSR count). The molecule has 1 amide bonds. The van der Waals surface area contributed by atoms with Crippen molar-refractivity contribution >= 4 is 23.4 Å². The summed E-state index contributed by atoms with van der Waals surface area (Å²) in [6.07, 6.45) is 2.02.